The molecule has 0 spiro atoms. The lowest BCUT2D eigenvalue weighted by Crippen LogP contribution is -2.13. The Balaban J connectivity index is 2.53. The topological polar surface area (TPSA) is 64.8 Å². The van der Waals surface area contributed by atoms with Gasteiger partial charge in [-0.15, -0.1) is 0 Å². The van der Waals surface area contributed by atoms with E-state index in [1.807, 2.05) is 0 Å². The van der Waals surface area contributed by atoms with Crippen LogP contribution in [0, 0.1) is 0 Å². The lowest BCUT2D eigenvalue weighted by molar-refractivity contribution is -0.147. The van der Waals surface area contributed by atoms with Crippen molar-refractivity contribution in [2.24, 2.45) is 7.05 Å². The second-order valence-electron chi connectivity index (χ2n) is 4.18. The highest BCUT2D eigenvalue weighted by atomic mass is 32.2. The molecule has 0 saturated heterocycles. The summed E-state index contributed by atoms with van der Waals surface area (Å²) in [5, 5.41) is 3.66. The average molecular weight is 305 g/mol. The Morgan fingerprint density at radius 2 is 1.90 bits per heavy atom. The van der Waals surface area contributed by atoms with Crippen molar-refractivity contribution in [3.63, 3.8) is 0 Å². The van der Waals surface area contributed by atoms with Crippen LogP contribution in [0.25, 0.3) is 11.4 Å². The van der Waals surface area contributed by atoms with Crippen molar-refractivity contribution in [1.82, 2.24) is 14.8 Å². The van der Waals surface area contributed by atoms with Crippen LogP contribution in [0.5, 0.6) is 0 Å². The maximum atomic E-state index is 12.6. The van der Waals surface area contributed by atoms with Crippen LogP contribution < -0.4 is 0 Å². The largest absolute Gasteiger partial charge is 0.451 e. The minimum Gasteiger partial charge on any atom is -0.245 e. The van der Waals surface area contributed by atoms with Gasteiger partial charge in [-0.05, 0) is 12.1 Å². The molecule has 0 aliphatic rings. The van der Waals surface area contributed by atoms with E-state index in [0.717, 1.165) is 13.3 Å². The first-order valence-corrected chi connectivity index (χ1v) is 7.27. The van der Waals surface area contributed by atoms with Crippen molar-refractivity contribution < 1.29 is 21.6 Å². The summed E-state index contributed by atoms with van der Waals surface area (Å²) >= 11 is 0. The van der Waals surface area contributed by atoms with Gasteiger partial charge in [-0.1, -0.05) is 12.1 Å². The number of alkyl halides is 3. The molecule has 0 atom stereocenters. The van der Waals surface area contributed by atoms with Crippen molar-refractivity contribution in [2.45, 2.75) is 11.1 Å². The summed E-state index contributed by atoms with van der Waals surface area (Å²) in [5.74, 6) is -1.32. The summed E-state index contributed by atoms with van der Waals surface area (Å²) in [6, 6.07) is 5.47. The lowest BCUT2D eigenvalue weighted by Gasteiger charge is -2.02. The van der Waals surface area contributed by atoms with Gasteiger partial charge in [0.1, 0.15) is 0 Å². The van der Waals surface area contributed by atoms with Crippen LogP contribution in [0.4, 0.5) is 13.2 Å². The van der Waals surface area contributed by atoms with Crippen LogP contribution in [-0.4, -0.2) is 29.4 Å². The van der Waals surface area contributed by atoms with E-state index in [9.17, 15) is 21.6 Å². The molecule has 1 aromatic carbocycles. The van der Waals surface area contributed by atoms with Crippen molar-refractivity contribution >= 4 is 9.84 Å². The van der Waals surface area contributed by atoms with Gasteiger partial charge in [0.05, 0.1) is 4.90 Å². The van der Waals surface area contributed by atoms with Crippen LogP contribution in [0.2, 0.25) is 0 Å². The summed E-state index contributed by atoms with van der Waals surface area (Å²) < 4.78 is 61.3. The number of aromatic nitrogens is 3. The summed E-state index contributed by atoms with van der Waals surface area (Å²) in [6.45, 7) is 0. The maximum absolute atomic E-state index is 12.6. The Morgan fingerprint density at radius 1 is 1.25 bits per heavy atom. The highest BCUT2D eigenvalue weighted by Crippen LogP contribution is 2.29. The molecule has 2 aromatic rings. The van der Waals surface area contributed by atoms with Crippen molar-refractivity contribution in [3.8, 4) is 11.4 Å². The van der Waals surface area contributed by atoms with E-state index >= 15 is 0 Å². The molecule has 0 fully saturated rings. The summed E-state index contributed by atoms with van der Waals surface area (Å²) in [6.07, 6.45) is -3.60. The van der Waals surface area contributed by atoms with E-state index in [2.05, 4.69) is 10.1 Å². The highest BCUT2D eigenvalue weighted by molar-refractivity contribution is 7.90. The third kappa shape index (κ3) is 2.82. The summed E-state index contributed by atoms with van der Waals surface area (Å²) in [4.78, 5) is 3.40. The molecule has 0 saturated carbocycles. The number of hydrogen-bond donors (Lipinski definition) is 0. The number of aryl methyl sites for hydroxylation is 1. The van der Waals surface area contributed by atoms with Gasteiger partial charge in [-0.25, -0.2) is 18.1 Å². The van der Waals surface area contributed by atoms with Gasteiger partial charge in [0, 0.05) is 18.9 Å². The first-order valence-electron chi connectivity index (χ1n) is 5.38. The van der Waals surface area contributed by atoms with Crippen molar-refractivity contribution in [3.05, 3.63) is 30.1 Å². The van der Waals surface area contributed by atoms with Gasteiger partial charge in [0.2, 0.25) is 5.82 Å². The fourth-order valence-corrected chi connectivity index (χ4v) is 2.29. The Bertz CT molecular complexity index is 751. The lowest BCUT2D eigenvalue weighted by atomic mass is 10.2. The van der Waals surface area contributed by atoms with E-state index in [1.165, 1.54) is 24.3 Å². The highest BCUT2D eigenvalue weighted by Gasteiger charge is 2.37. The van der Waals surface area contributed by atoms with E-state index in [4.69, 9.17) is 0 Å². The van der Waals surface area contributed by atoms with Gasteiger partial charge >= 0.3 is 6.18 Å². The fraction of sp³-hybridized carbons (Fsp3) is 0.273. The molecule has 0 unspecified atom stereocenters. The molecule has 2 rings (SSSR count). The molecule has 0 aliphatic carbocycles. The third-order valence-corrected chi connectivity index (χ3v) is 3.65. The molecule has 1 aromatic heterocycles. The van der Waals surface area contributed by atoms with E-state index in [1.54, 1.807) is 0 Å². The molecular weight excluding hydrogens is 295 g/mol. The monoisotopic (exact) mass is 305 g/mol. The predicted octanol–water partition coefficient (Wildman–Crippen LogP) is 1.90. The fourth-order valence-electron chi connectivity index (χ4n) is 1.62. The molecule has 0 aliphatic heterocycles. The van der Waals surface area contributed by atoms with Gasteiger partial charge in [-0.2, -0.15) is 18.3 Å². The average Bonchev–Trinajstić information content (AvgIpc) is 2.70. The number of sulfone groups is 1. The Morgan fingerprint density at radius 3 is 2.40 bits per heavy atom. The molecule has 1 heterocycles. The van der Waals surface area contributed by atoms with Crippen molar-refractivity contribution in [2.75, 3.05) is 6.26 Å². The molecule has 0 bridgehead atoms. The first-order chi connectivity index (χ1) is 9.09. The normalized spacial score (nSPS) is 12.7. The summed E-state index contributed by atoms with van der Waals surface area (Å²) in [7, 11) is -2.32. The predicted molar refractivity (Wildman–Crippen MR) is 64.6 cm³/mol. The summed E-state index contributed by atoms with van der Waals surface area (Å²) in [5.41, 5.74) is 0.207. The quantitative estimate of drug-likeness (QED) is 0.850. The molecular formula is C11H10F3N3O2S. The number of halogens is 3. The Kier molecular flexibility index (Phi) is 3.32. The molecule has 0 radical (unpaired) electrons. The first kappa shape index (κ1) is 14.5. The zero-order valence-corrected chi connectivity index (χ0v) is 11.3. The van der Waals surface area contributed by atoms with Gasteiger partial charge in [0.25, 0.3) is 0 Å². The van der Waals surface area contributed by atoms with Crippen LogP contribution in [0.1, 0.15) is 5.82 Å². The second kappa shape index (κ2) is 4.58. The van der Waals surface area contributed by atoms with Crippen LogP contribution >= 0.6 is 0 Å². The SMILES string of the molecule is Cn1nc(-c2cccc(S(C)(=O)=O)c2)nc1C(F)(F)F. The Labute approximate surface area is 113 Å². The van der Waals surface area contributed by atoms with Gasteiger partial charge in [-0.3, -0.25) is 0 Å². The molecule has 0 amide bonds. The zero-order valence-electron chi connectivity index (χ0n) is 10.5. The standard InChI is InChI=1S/C11H10F3N3O2S/c1-17-10(11(12,13)14)15-9(16-17)7-4-3-5-8(6-7)20(2,18)19/h3-6H,1-2H3. The van der Waals surface area contributed by atoms with Crippen LogP contribution in [-0.2, 0) is 23.1 Å². The Hall–Kier alpha value is -1.90. The van der Waals surface area contributed by atoms with Crippen molar-refractivity contribution in [1.29, 1.82) is 0 Å². The van der Waals surface area contributed by atoms with Gasteiger partial charge < -0.3 is 0 Å². The minimum absolute atomic E-state index is 0.00369. The van der Waals surface area contributed by atoms with E-state index < -0.39 is 21.8 Å². The van der Waals surface area contributed by atoms with Crippen LogP contribution in [0.15, 0.2) is 29.2 Å². The maximum Gasteiger partial charge on any atom is 0.451 e. The minimum atomic E-state index is -4.62. The second-order valence-corrected chi connectivity index (χ2v) is 6.20. The van der Waals surface area contributed by atoms with Crippen LogP contribution in [0.3, 0.4) is 0 Å². The smallest absolute Gasteiger partial charge is 0.245 e. The van der Waals surface area contributed by atoms with Gasteiger partial charge in [0.15, 0.2) is 15.7 Å². The zero-order chi connectivity index (χ0) is 15.1. The number of rotatable bonds is 2. The van der Waals surface area contributed by atoms with E-state index in [0.29, 0.717) is 4.68 Å². The molecule has 9 heteroatoms. The molecule has 0 N–H and O–H groups in total. The number of hydrogen-bond acceptors (Lipinski definition) is 4. The molecule has 108 valence electrons. The number of benzene rings is 1. The molecule has 5 nitrogen and oxygen atoms in total. The molecule has 20 heavy (non-hydrogen) atoms. The number of nitrogens with zero attached hydrogens (tertiary/aromatic N) is 3. The van der Waals surface area contributed by atoms with E-state index in [-0.39, 0.29) is 16.3 Å². The third-order valence-electron chi connectivity index (χ3n) is 2.54.